The number of phenolic OH excluding ortho intramolecular Hbond substituents is 1. The smallest absolute Gasteiger partial charge is 0.124 e. The first-order valence-electron chi connectivity index (χ1n) is 4.96. The first kappa shape index (κ1) is 10.5. The fourth-order valence-electron chi connectivity index (χ4n) is 2.04. The van der Waals surface area contributed by atoms with Crippen molar-refractivity contribution in [3.63, 3.8) is 0 Å². The fourth-order valence-corrected chi connectivity index (χ4v) is 2.04. The summed E-state index contributed by atoms with van der Waals surface area (Å²) in [7, 11) is 0. The number of hydrogen-bond donors (Lipinski definition) is 1. The molecule has 0 aliphatic carbocycles. The summed E-state index contributed by atoms with van der Waals surface area (Å²) in [5.41, 5.74) is 0. The predicted molar refractivity (Wildman–Crippen MR) is 69.8 cm³/mol. The molecule has 3 aromatic rings. The Morgan fingerprint density at radius 1 is 0.688 bits per heavy atom. The van der Waals surface area contributed by atoms with E-state index < -0.39 is 0 Å². The van der Waals surface area contributed by atoms with Gasteiger partial charge in [-0.3, -0.25) is 0 Å². The lowest BCUT2D eigenvalue weighted by Gasteiger charge is -2.05. The molecule has 0 spiro atoms. The van der Waals surface area contributed by atoms with E-state index in [1.807, 2.05) is 36.4 Å². The zero-order valence-electron chi connectivity index (χ0n) is 8.14. The van der Waals surface area contributed by atoms with Crippen molar-refractivity contribution in [1.29, 1.82) is 0 Å². The molecule has 0 atom stereocenters. The Hall–Kier alpha value is -2.02. The van der Waals surface area contributed by atoms with Gasteiger partial charge in [-0.25, -0.2) is 0 Å². The number of aromatic hydroxyl groups is 1. The fraction of sp³-hybridized carbons (Fsp3) is 0.0667. The van der Waals surface area contributed by atoms with Gasteiger partial charge in [0.15, 0.2) is 0 Å². The second kappa shape index (κ2) is 3.86. The Balaban J connectivity index is 0.000000963. The van der Waals surface area contributed by atoms with Crippen LogP contribution in [0, 0.1) is 0 Å². The largest absolute Gasteiger partial charge is 0.507 e. The molecule has 0 aliphatic heterocycles. The van der Waals surface area contributed by atoms with Crippen molar-refractivity contribution in [2.75, 3.05) is 0 Å². The molecule has 0 unspecified atom stereocenters. The van der Waals surface area contributed by atoms with Gasteiger partial charge >= 0.3 is 0 Å². The van der Waals surface area contributed by atoms with E-state index in [9.17, 15) is 5.11 Å². The van der Waals surface area contributed by atoms with E-state index in [1.165, 1.54) is 0 Å². The van der Waals surface area contributed by atoms with Crippen molar-refractivity contribution in [3.8, 4) is 5.75 Å². The van der Waals surface area contributed by atoms with Crippen molar-refractivity contribution < 1.29 is 5.11 Å². The highest BCUT2D eigenvalue weighted by atomic mass is 16.3. The topological polar surface area (TPSA) is 20.2 Å². The van der Waals surface area contributed by atoms with Crippen LogP contribution < -0.4 is 0 Å². The maximum Gasteiger partial charge on any atom is 0.124 e. The molecule has 0 saturated carbocycles. The van der Waals surface area contributed by atoms with Gasteiger partial charge < -0.3 is 5.11 Å². The van der Waals surface area contributed by atoms with Crippen molar-refractivity contribution >= 4 is 21.5 Å². The first-order valence-corrected chi connectivity index (χ1v) is 4.96. The number of phenols is 1. The SMILES string of the molecule is C.Oc1cccc2ccc3ccccc3c12. The summed E-state index contributed by atoms with van der Waals surface area (Å²) in [6, 6.07) is 17.8. The van der Waals surface area contributed by atoms with E-state index in [-0.39, 0.29) is 7.43 Å². The van der Waals surface area contributed by atoms with Gasteiger partial charge in [0.2, 0.25) is 0 Å². The lowest BCUT2D eigenvalue weighted by molar-refractivity contribution is 0.482. The number of rotatable bonds is 0. The third-order valence-corrected chi connectivity index (χ3v) is 2.75. The lowest BCUT2D eigenvalue weighted by Crippen LogP contribution is -1.77. The zero-order valence-corrected chi connectivity index (χ0v) is 8.14. The molecule has 80 valence electrons. The average Bonchev–Trinajstić information content (AvgIpc) is 2.29. The molecule has 1 heteroatoms. The molecule has 3 rings (SSSR count). The molecule has 1 N–H and O–H groups in total. The van der Waals surface area contributed by atoms with Crippen LogP contribution in [0.4, 0.5) is 0 Å². The van der Waals surface area contributed by atoms with Gasteiger partial charge in [-0.1, -0.05) is 56.0 Å². The highest BCUT2D eigenvalue weighted by Crippen LogP contribution is 2.31. The van der Waals surface area contributed by atoms with Crippen molar-refractivity contribution in [1.82, 2.24) is 0 Å². The molecule has 0 aromatic heterocycles. The van der Waals surface area contributed by atoms with Gasteiger partial charge in [0.1, 0.15) is 5.75 Å². The minimum absolute atomic E-state index is 0. The van der Waals surface area contributed by atoms with Crippen molar-refractivity contribution in [3.05, 3.63) is 54.6 Å². The molecule has 0 aliphatic rings. The van der Waals surface area contributed by atoms with E-state index in [0.717, 1.165) is 21.5 Å². The van der Waals surface area contributed by atoms with Crippen LogP contribution in [-0.4, -0.2) is 5.11 Å². The van der Waals surface area contributed by atoms with Crippen LogP contribution in [0.2, 0.25) is 0 Å². The van der Waals surface area contributed by atoms with Gasteiger partial charge in [0.25, 0.3) is 0 Å². The Morgan fingerprint density at radius 3 is 2.25 bits per heavy atom. The Morgan fingerprint density at radius 2 is 1.38 bits per heavy atom. The van der Waals surface area contributed by atoms with Crippen LogP contribution >= 0.6 is 0 Å². The normalized spacial score (nSPS) is 10.2. The van der Waals surface area contributed by atoms with Crippen LogP contribution in [-0.2, 0) is 0 Å². The molecule has 3 aromatic carbocycles. The number of hydrogen-bond acceptors (Lipinski definition) is 1. The second-order valence-electron chi connectivity index (χ2n) is 3.66. The van der Waals surface area contributed by atoms with E-state index in [2.05, 4.69) is 12.1 Å². The van der Waals surface area contributed by atoms with E-state index in [0.29, 0.717) is 5.75 Å². The van der Waals surface area contributed by atoms with Gasteiger partial charge in [-0.05, 0) is 22.2 Å². The average molecular weight is 210 g/mol. The van der Waals surface area contributed by atoms with Crippen LogP contribution in [0.15, 0.2) is 54.6 Å². The summed E-state index contributed by atoms with van der Waals surface area (Å²) in [4.78, 5) is 0. The Labute approximate surface area is 95.0 Å². The quantitative estimate of drug-likeness (QED) is 0.547. The lowest BCUT2D eigenvalue weighted by atomic mass is 10.0. The Kier molecular flexibility index (Phi) is 2.53. The summed E-state index contributed by atoms with van der Waals surface area (Å²) in [6.07, 6.45) is 0. The molecule has 16 heavy (non-hydrogen) atoms. The van der Waals surface area contributed by atoms with E-state index in [1.54, 1.807) is 6.07 Å². The number of benzene rings is 3. The summed E-state index contributed by atoms with van der Waals surface area (Å²) in [5.74, 6) is 0.351. The molecule has 0 saturated heterocycles. The Bertz CT molecular complexity index is 641. The van der Waals surface area contributed by atoms with Crippen molar-refractivity contribution in [2.24, 2.45) is 0 Å². The minimum Gasteiger partial charge on any atom is -0.507 e. The summed E-state index contributed by atoms with van der Waals surface area (Å²) in [5, 5.41) is 14.2. The van der Waals surface area contributed by atoms with Gasteiger partial charge in [-0.15, -0.1) is 0 Å². The molecular formula is C15H14O. The number of fused-ring (bicyclic) bond motifs is 3. The predicted octanol–water partition coefficient (Wildman–Crippen LogP) is 4.33. The maximum absolute atomic E-state index is 9.87. The summed E-state index contributed by atoms with van der Waals surface area (Å²) in [6.45, 7) is 0. The van der Waals surface area contributed by atoms with E-state index >= 15 is 0 Å². The first-order chi connectivity index (χ1) is 7.36. The summed E-state index contributed by atoms with van der Waals surface area (Å²) >= 11 is 0. The van der Waals surface area contributed by atoms with Gasteiger partial charge in [-0.2, -0.15) is 0 Å². The van der Waals surface area contributed by atoms with Crippen LogP contribution in [0.25, 0.3) is 21.5 Å². The van der Waals surface area contributed by atoms with Crippen molar-refractivity contribution in [2.45, 2.75) is 7.43 Å². The van der Waals surface area contributed by atoms with Gasteiger partial charge in [0, 0.05) is 5.39 Å². The molecule has 0 bridgehead atoms. The maximum atomic E-state index is 9.87. The molecular weight excluding hydrogens is 196 g/mol. The van der Waals surface area contributed by atoms with Crippen LogP contribution in [0.3, 0.4) is 0 Å². The summed E-state index contributed by atoms with van der Waals surface area (Å²) < 4.78 is 0. The van der Waals surface area contributed by atoms with Crippen LogP contribution in [0.1, 0.15) is 7.43 Å². The zero-order chi connectivity index (χ0) is 10.3. The molecule has 0 radical (unpaired) electrons. The molecule has 1 nitrogen and oxygen atoms in total. The standard InChI is InChI=1S/C14H10O.CH4/c15-13-7-3-5-11-9-8-10-4-1-2-6-12(10)14(11)13;/h1-9,15H;1H4. The molecule has 0 fully saturated rings. The van der Waals surface area contributed by atoms with Gasteiger partial charge in [0.05, 0.1) is 0 Å². The molecule has 0 heterocycles. The highest BCUT2D eigenvalue weighted by molar-refractivity contribution is 6.10. The molecule has 0 amide bonds. The third kappa shape index (κ3) is 1.41. The highest BCUT2D eigenvalue weighted by Gasteiger charge is 2.03. The minimum atomic E-state index is 0. The monoisotopic (exact) mass is 210 g/mol. The second-order valence-corrected chi connectivity index (χ2v) is 3.66. The van der Waals surface area contributed by atoms with E-state index in [4.69, 9.17) is 0 Å². The third-order valence-electron chi connectivity index (χ3n) is 2.75. The van der Waals surface area contributed by atoms with Crippen LogP contribution in [0.5, 0.6) is 5.75 Å².